The topological polar surface area (TPSA) is 52.6 Å². The largest absolute Gasteiger partial charge is 0.387 e. The molecule has 1 aliphatic heterocycles. The summed E-state index contributed by atoms with van der Waals surface area (Å²) in [7, 11) is 0. The van der Waals surface area contributed by atoms with Gasteiger partial charge in [0.25, 0.3) is 0 Å². The number of β-amino-alcohol motifs (C(OH)–C–C–N with tert-alkyl or cyclic N) is 1. The maximum absolute atomic E-state index is 12.1. The Morgan fingerprint density at radius 3 is 2.33 bits per heavy atom. The molecule has 0 spiro atoms. The molecular weight excluding hydrogens is 228 g/mol. The monoisotopic (exact) mass is 254 g/mol. The highest BCUT2D eigenvalue weighted by atomic mass is 16.3. The van der Waals surface area contributed by atoms with E-state index in [0.717, 1.165) is 12.8 Å². The van der Waals surface area contributed by atoms with E-state index in [1.807, 2.05) is 20.8 Å². The first-order chi connectivity index (χ1) is 8.42. The number of aliphatic hydroxyl groups is 1. The molecule has 0 bridgehead atoms. The summed E-state index contributed by atoms with van der Waals surface area (Å²) in [4.78, 5) is 14.1. The number of carbonyl (C=O) groups is 1. The summed E-state index contributed by atoms with van der Waals surface area (Å²) in [5.41, 5.74) is -0.595. The van der Waals surface area contributed by atoms with Gasteiger partial charge >= 0.3 is 0 Å². The van der Waals surface area contributed by atoms with Gasteiger partial charge in [-0.05, 0) is 25.7 Å². The van der Waals surface area contributed by atoms with E-state index in [0.29, 0.717) is 19.1 Å². The molecule has 1 amide bonds. The third kappa shape index (κ3) is 2.69. The molecule has 1 aliphatic carbocycles. The highest BCUT2D eigenvalue weighted by molar-refractivity contribution is 5.81. The van der Waals surface area contributed by atoms with Crippen molar-refractivity contribution in [3.63, 3.8) is 0 Å². The second-order valence-electron chi connectivity index (χ2n) is 6.33. The lowest BCUT2D eigenvalue weighted by atomic mass is 9.82. The fourth-order valence-corrected chi connectivity index (χ4v) is 2.85. The molecule has 0 radical (unpaired) electrons. The standard InChI is InChI=1S/C14H26N2O2/c1-10(2)14(18)8-16(9-14)11(3)13(17)15-12-6-4-5-7-12/h10-12,18H,4-9H2,1-3H3,(H,15,17). The lowest BCUT2D eigenvalue weighted by Gasteiger charge is -2.51. The van der Waals surface area contributed by atoms with Crippen LogP contribution in [0.2, 0.25) is 0 Å². The van der Waals surface area contributed by atoms with Gasteiger partial charge in [0.2, 0.25) is 5.91 Å². The first-order valence-corrected chi connectivity index (χ1v) is 7.19. The molecule has 1 atom stereocenters. The van der Waals surface area contributed by atoms with Crippen LogP contribution in [-0.2, 0) is 4.79 Å². The van der Waals surface area contributed by atoms with Crippen LogP contribution in [0.15, 0.2) is 0 Å². The van der Waals surface area contributed by atoms with Crippen molar-refractivity contribution in [2.24, 2.45) is 5.92 Å². The first-order valence-electron chi connectivity index (χ1n) is 7.19. The van der Waals surface area contributed by atoms with Gasteiger partial charge in [-0.3, -0.25) is 9.69 Å². The van der Waals surface area contributed by atoms with E-state index < -0.39 is 5.60 Å². The number of nitrogens with zero attached hydrogens (tertiary/aromatic N) is 1. The van der Waals surface area contributed by atoms with Crippen molar-refractivity contribution in [1.82, 2.24) is 10.2 Å². The fraction of sp³-hybridized carbons (Fsp3) is 0.929. The van der Waals surface area contributed by atoms with Crippen LogP contribution in [0, 0.1) is 5.92 Å². The Morgan fingerprint density at radius 2 is 1.83 bits per heavy atom. The molecule has 18 heavy (non-hydrogen) atoms. The van der Waals surface area contributed by atoms with Crippen LogP contribution in [0.5, 0.6) is 0 Å². The van der Waals surface area contributed by atoms with Gasteiger partial charge in [0.05, 0.1) is 11.6 Å². The van der Waals surface area contributed by atoms with E-state index in [1.54, 1.807) is 0 Å². The van der Waals surface area contributed by atoms with Gasteiger partial charge in [0, 0.05) is 19.1 Å². The molecule has 1 saturated carbocycles. The Hall–Kier alpha value is -0.610. The van der Waals surface area contributed by atoms with E-state index in [2.05, 4.69) is 10.2 Å². The van der Waals surface area contributed by atoms with Gasteiger partial charge in [-0.2, -0.15) is 0 Å². The molecule has 1 saturated heterocycles. The molecule has 1 heterocycles. The summed E-state index contributed by atoms with van der Waals surface area (Å²) < 4.78 is 0. The minimum Gasteiger partial charge on any atom is -0.387 e. The SMILES string of the molecule is CC(C(=O)NC1CCCC1)N1CC(O)(C(C)C)C1. The Labute approximate surface area is 110 Å². The van der Waals surface area contributed by atoms with Crippen molar-refractivity contribution in [2.45, 2.75) is 64.1 Å². The molecule has 2 aliphatic rings. The molecule has 0 aromatic heterocycles. The molecule has 4 nitrogen and oxygen atoms in total. The Morgan fingerprint density at radius 1 is 1.28 bits per heavy atom. The summed E-state index contributed by atoms with van der Waals surface area (Å²) in [6.07, 6.45) is 4.70. The van der Waals surface area contributed by atoms with E-state index >= 15 is 0 Å². The summed E-state index contributed by atoms with van der Waals surface area (Å²) >= 11 is 0. The summed E-state index contributed by atoms with van der Waals surface area (Å²) in [6, 6.07) is 0.259. The third-order valence-corrected chi connectivity index (χ3v) is 4.66. The van der Waals surface area contributed by atoms with Crippen LogP contribution in [-0.4, -0.2) is 46.7 Å². The maximum atomic E-state index is 12.1. The van der Waals surface area contributed by atoms with E-state index in [-0.39, 0.29) is 17.9 Å². The van der Waals surface area contributed by atoms with Crippen LogP contribution in [0.3, 0.4) is 0 Å². The van der Waals surface area contributed by atoms with E-state index in [4.69, 9.17) is 0 Å². The van der Waals surface area contributed by atoms with Crippen molar-refractivity contribution in [3.8, 4) is 0 Å². The lowest BCUT2D eigenvalue weighted by molar-refractivity contribution is -0.154. The number of likely N-dealkylation sites (tertiary alicyclic amines) is 1. The average molecular weight is 254 g/mol. The predicted octanol–water partition coefficient (Wildman–Crippen LogP) is 1.14. The normalized spacial score (nSPS) is 26.1. The number of hydrogen-bond acceptors (Lipinski definition) is 3. The molecule has 0 aromatic rings. The van der Waals surface area contributed by atoms with Crippen LogP contribution in [0.4, 0.5) is 0 Å². The van der Waals surface area contributed by atoms with Crippen molar-refractivity contribution < 1.29 is 9.90 Å². The second-order valence-corrected chi connectivity index (χ2v) is 6.33. The first kappa shape index (κ1) is 13.8. The third-order valence-electron chi connectivity index (χ3n) is 4.66. The highest BCUT2D eigenvalue weighted by Gasteiger charge is 2.46. The quantitative estimate of drug-likeness (QED) is 0.791. The van der Waals surface area contributed by atoms with Crippen LogP contribution < -0.4 is 5.32 Å². The Balaban J connectivity index is 1.78. The Kier molecular flexibility index (Phi) is 3.97. The number of hydrogen-bond donors (Lipinski definition) is 2. The fourth-order valence-electron chi connectivity index (χ4n) is 2.85. The maximum Gasteiger partial charge on any atom is 0.237 e. The van der Waals surface area contributed by atoms with Crippen molar-refractivity contribution in [2.75, 3.05) is 13.1 Å². The molecule has 4 heteroatoms. The van der Waals surface area contributed by atoms with Gasteiger partial charge in [0.15, 0.2) is 0 Å². The smallest absolute Gasteiger partial charge is 0.237 e. The van der Waals surface area contributed by atoms with Crippen LogP contribution in [0.1, 0.15) is 46.5 Å². The predicted molar refractivity (Wildman–Crippen MR) is 71.2 cm³/mol. The van der Waals surface area contributed by atoms with Crippen molar-refractivity contribution in [3.05, 3.63) is 0 Å². The molecule has 2 rings (SSSR count). The molecule has 2 fully saturated rings. The number of amides is 1. The number of carbonyl (C=O) groups excluding carboxylic acids is 1. The van der Waals surface area contributed by atoms with Crippen LogP contribution >= 0.6 is 0 Å². The summed E-state index contributed by atoms with van der Waals surface area (Å²) in [5, 5.41) is 13.3. The van der Waals surface area contributed by atoms with Gasteiger partial charge < -0.3 is 10.4 Å². The molecule has 2 N–H and O–H groups in total. The molecule has 104 valence electrons. The lowest BCUT2D eigenvalue weighted by Crippen LogP contribution is -2.68. The molecular formula is C14H26N2O2. The van der Waals surface area contributed by atoms with E-state index in [9.17, 15) is 9.90 Å². The van der Waals surface area contributed by atoms with E-state index in [1.165, 1.54) is 12.8 Å². The summed E-state index contributed by atoms with van der Waals surface area (Å²) in [6.45, 7) is 7.22. The van der Waals surface area contributed by atoms with Gasteiger partial charge in [-0.15, -0.1) is 0 Å². The van der Waals surface area contributed by atoms with Gasteiger partial charge in [-0.25, -0.2) is 0 Å². The average Bonchev–Trinajstić information content (AvgIpc) is 2.76. The van der Waals surface area contributed by atoms with Gasteiger partial charge in [-0.1, -0.05) is 26.7 Å². The summed E-state index contributed by atoms with van der Waals surface area (Å²) in [5.74, 6) is 0.367. The van der Waals surface area contributed by atoms with Crippen molar-refractivity contribution >= 4 is 5.91 Å². The second kappa shape index (κ2) is 5.17. The minimum absolute atomic E-state index is 0.118. The highest BCUT2D eigenvalue weighted by Crippen LogP contribution is 2.30. The zero-order chi connectivity index (χ0) is 13.3. The molecule has 0 aromatic carbocycles. The van der Waals surface area contributed by atoms with Crippen molar-refractivity contribution in [1.29, 1.82) is 0 Å². The zero-order valence-corrected chi connectivity index (χ0v) is 11.8. The van der Waals surface area contributed by atoms with Crippen LogP contribution in [0.25, 0.3) is 0 Å². The Bertz CT molecular complexity index is 305. The number of rotatable bonds is 4. The van der Waals surface area contributed by atoms with Gasteiger partial charge in [0.1, 0.15) is 0 Å². The minimum atomic E-state index is -0.595. The molecule has 1 unspecified atom stereocenters. The number of nitrogens with one attached hydrogen (secondary N) is 1. The zero-order valence-electron chi connectivity index (χ0n) is 11.8.